The van der Waals surface area contributed by atoms with Gasteiger partial charge in [-0.25, -0.2) is 0 Å². The molecule has 0 aromatic heterocycles. The number of rotatable bonds is 8. The molecule has 3 atom stereocenters. The molecule has 1 radical (unpaired) electrons. The van der Waals surface area contributed by atoms with Gasteiger partial charge in [0, 0.05) is 11.4 Å². The third-order valence-corrected chi connectivity index (χ3v) is 8.26. The Bertz CT molecular complexity index is 970. The van der Waals surface area contributed by atoms with E-state index in [1.807, 2.05) is 0 Å². The standard InChI is InChI=1S/C33H50N3.CH3.Mn/c1-20(2)26-14-11-15-27(21(3)4)32(26)34-24(9)30-18-13-19-31(36-30)25(10)35-33-28(22(5)6)16-12-17-29(33)23(7)8;;/h11,13-15,18-23,28-30,33H,12,16-17H2,1-10H3;1H3;/q2*-1;+2. The molecule has 3 nitrogen and oxygen atoms in total. The SMILES string of the molecule is CC(=NC1C(C(C)C)CCCC1C(C)C)C1=CC=CC(C(C)=Nc2c(C(C)C)cccc2C(C)C)[N-]1.[CH3-].[Mn+2]. The van der Waals surface area contributed by atoms with Crippen LogP contribution in [0, 0.1) is 31.1 Å². The molecule has 1 heterocycles. The smallest absolute Gasteiger partial charge is 0.672 e. The third-order valence-electron chi connectivity index (χ3n) is 8.26. The Morgan fingerprint density at radius 2 is 1.39 bits per heavy atom. The zero-order valence-corrected chi connectivity index (χ0v) is 27.1. The molecular formula is C34H53MnN3. The van der Waals surface area contributed by atoms with Gasteiger partial charge >= 0.3 is 17.1 Å². The first-order valence-corrected chi connectivity index (χ1v) is 14.3. The van der Waals surface area contributed by atoms with Crippen LogP contribution >= 0.6 is 0 Å². The first-order valence-electron chi connectivity index (χ1n) is 14.3. The van der Waals surface area contributed by atoms with Crippen LogP contribution in [0.25, 0.3) is 5.32 Å². The summed E-state index contributed by atoms with van der Waals surface area (Å²) in [6.07, 6.45) is 10.4. The van der Waals surface area contributed by atoms with Crippen LogP contribution in [0.15, 0.2) is 52.1 Å². The molecule has 0 spiro atoms. The van der Waals surface area contributed by atoms with Crippen LogP contribution in [-0.2, 0) is 17.1 Å². The molecule has 0 N–H and O–H groups in total. The fourth-order valence-corrected chi connectivity index (χ4v) is 6.00. The predicted molar refractivity (Wildman–Crippen MR) is 166 cm³/mol. The molecule has 2 aliphatic rings. The van der Waals surface area contributed by atoms with E-state index < -0.39 is 0 Å². The van der Waals surface area contributed by atoms with Crippen molar-refractivity contribution in [3.8, 4) is 0 Å². The van der Waals surface area contributed by atoms with Crippen molar-refractivity contribution in [3.05, 3.63) is 66.0 Å². The van der Waals surface area contributed by atoms with Crippen LogP contribution in [0.2, 0.25) is 0 Å². The van der Waals surface area contributed by atoms with Crippen molar-refractivity contribution in [2.45, 2.75) is 112 Å². The zero-order valence-electron chi connectivity index (χ0n) is 25.9. The van der Waals surface area contributed by atoms with Gasteiger partial charge in [-0.15, -0.1) is 5.70 Å². The maximum absolute atomic E-state index is 5.40. The number of aliphatic imine (C=N–C) groups is 2. The molecule has 1 aliphatic carbocycles. The topological polar surface area (TPSA) is 38.8 Å². The molecule has 0 saturated heterocycles. The van der Waals surface area contributed by atoms with Gasteiger partial charge in [0.25, 0.3) is 0 Å². The first kappa shape index (κ1) is 34.4. The molecule has 1 aromatic carbocycles. The Hall–Kier alpha value is -1.64. The van der Waals surface area contributed by atoms with E-state index in [1.54, 1.807) is 0 Å². The van der Waals surface area contributed by atoms with E-state index in [2.05, 4.69) is 106 Å². The van der Waals surface area contributed by atoms with Crippen molar-refractivity contribution in [2.24, 2.45) is 33.7 Å². The molecule has 38 heavy (non-hydrogen) atoms. The third kappa shape index (κ3) is 8.18. The summed E-state index contributed by atoms with van der Waals surface area (Å²) >= 11 is 0. The van der Waals surface area contributed by atoms with Crippen LogP contribution in [0.4, 0.5) is 5.69 Å². The molecule has 1 aromatic rings. The van der Waals surface area contributed by atoms with Gasteiger partial charge in [0.15, 0.2) is 0 Å². The Morgan fingerprint density at radius 1 is 0.868 bits per heavy atom. The Morgan fingerprint density at radius 3 is 1.87 bits per heavy atom. The van der Waals surface area contributed by atoms with Gasteiger partial charge in [0.1, 0.15) is 0 Å². The number of nitrogens with zero attached hydrogens (tertiary/aromatic N) is 3. The van der Waals surface area contributed by atoms with Crippen LogP contribution in [-0.4, -0.2) is 23.5 Å². The van der Waals surface area contributed by atoms with Crippen molar-refractivity contribution >= 4 is 17.1 Å². The fraction of sp³-hybridized carbons (Fsp3) is 0.618. The number of allylic oxidation sites excluding steroid dienone is 3. The second-order valence-corrected chi connectivity index (χ2v) is 12.3. The van der Waals surface area contributed by atoms with E-state index in [9.17, 15) is 0 Å². The molecule has 1 fully saturated rings. The van der Waals surface area contributed by atoms with Crippen molar-refractivity contribution in [1.29, 1.82) is 0 Å². The number of benzene rings is 1. The summed E-state index contributed by atoms with van der Waals surface area (Å²) in [6.45, 7) is 22.8. The van der Waals surface area contributed by atoms with E-state index in [0.29, 0.717) is 41.5 Å². The minimum Gasteiger partial charge on any atom is -0.672 e. The molecule has 211 valence electrons. The van der Waals surface area contributed by atoms with E-state index in [1.165, 1.54) is 30.4 Å². The van der Waals surface area contributed by atoms with Crippen LogP contribution < -0.4 is 0 Å². The summed E-state index contributed by atoms with van der Waals surface area (Å²) in [5.74, 6) is 3.48. The zero-order chi connectivity index (χ0) is 26.6. The normalized spacial score (nSPS) is 24.3. The maximum atomic E-state index is 5.40. The molecule has 0 amide bonds. The van der Waals surface area contributed by atoms with Crippen LogP contribution in [0.3, 0.4) is 0 Å². The van der Waals surface area contributed by atoms with Gasteiger partial charge in [-0.3, -0.25) is 9.98 Å². The van der Waals surface area contributed by atoms with Crippen molar-refractivity contribution in [3.63, 3.8) is 0 Å². The summed E-state index contributed by atoms with van der Waals surface area (Å²) in [4.78, 5) is 10.6. The van der Waals surface area contributed by atoms with Gasteiger partial charge in [0.05, 0.1) is 11.7 Å². The van der Waals surface area contributed by atoms with Gasteiger partial charge < -0.3 is 12.7 Å². The Kier molecular flexibility index (Phi) is 13.8. The van der Waals surface area contributed by atoms with Crippen LogP contribution in [0.5, 0.6) is 0 Å². The number of hydrogen-bond donors (Lipinski definition) is 0. The molecule has 3 unspecified atom stereocenters. The number of para-hydroxylation sites is 1. The second kappa shape index (κ2) is 15.2. The monoisotopic (exact) mass is 558 g/mol. The van der Waals surface area contributed by atoms with Gasteiger partial charge in [-0.1, -0.05) is 104 Å². The molecular weight excluding hydrogens is 505 g/mol. The predicted octanol–water partition coefficient (Wildman–Crippen LogP) is 10.2. The summed E-state index contributed by atoms with van der Waals surface area (Å²) in [5.41, 5.74) is 6.88. The first-order chi connectivity index (χ1) is 17.0. The van der Waals surface area contributed by atoms with E-state index >= 15 is 0 Å². The molecule has 0 bridgehead atoms. The minimum atomic E-state index is -0.0523. The summed E-state index contributed by atoms with van der Waals surface area (Å²) < 4.78 is 0. The van der Waals surface area contributed by atoms with Crippen LogP contribution in [0.1, 0.15) is 111 Å². The van der Waals surface area contributed by atoms with Gasteiger partial charge in [-0.05, 0) is 73.3 Å². The Labute approximate surface area is 245 Å². The van der Waals surface area contributed by atoms with Gasteiger partial charge in [0.2, 0.25) is 0 Å². The number of hydrogen-bond acceptors (Lipinski definition) is 2. The molecule has 4 heteroatoms. The quantitative estimate of drug-likeness (QED) is 0.173. The largest absolute Gasteiger partial charge is 2.00 e. The van der Waals surface area contributed by atoms with E-state index in [-0.39, 0.29) is 30.5 Å². The van der Waals surface area contributed by atoms with Crippen molar-refractivity contribution in [1.82, 2.24) is 0 Å². The summed E-state index contributed by atoms with van der Waals surface area (Å²) in [6, 6.07) is 6.95. The summed E-state index contributed by atoms with van der Waals surface area (Å²) in [7, 11) is 0. The second-order valence-electron chi connectivity index (χ2n) is 12.3. The van der Waals surface area contributed by atoms with E-state index in [4.69, 9.17) is 15.3 Å². The van der Waals surface area contributed by atoms with Crippen molar-refractivity contribution < 1.29 is 17.1 Å². The fourth-order valence-electron chi connectivity index (χ4n) is 6.00. The van der Waals surface area contributed by atoms with Crippen molar-refractivity contribution in [2.75, 3.05) is 0 Å². The average molecular weight is 559 g/mol. The Balaban J connectivity index is 0.00000361. The molecule has 3 rings (SSSR count). The molecule has 1 aliphatic heterocycles. The van der Waals surface area contributed by atoms with Gasteiger partial charge in [-0.2, -0.15) is 0 Å². The van der Waals surface area contributed by atoms with E-state index in [0.717, 1.165) is 22.8 Å². The minimum absolute atomic E-state index is 0. The summed E-state index contributed by atoms with van der Waals surface area (Å²) in [5, 5.41) is 5.14. The molecule has 1 saturated carbocycles. The average Bonchev–Trinajstić information content (AvgIpc) is 2.83. The maximum Gasteiger partial charge on any atom is 2.00 e.